The number of methoxy groups -OCH3 is 1. The minimum atomic E-state index is 0.865. The number of ether oxygens (including phenoxy) is 1. The summed E-state index contributed by atoms with van der Waals surface area (Å²) in [4.78, 5) is 7.64. The van der Waals surface area contributed by atoms with Gasteiger partial charge in [-0.1, -0.05) is 18.2 Å². The van der Waals surface area contributed by atoms with Crippen LogP contribution < -0.4 is 9.54 Å². The topological polar surface area (TPSA) is 38.9 Å². The van der Waals surface area contributed by atoms with Crippen LogP contribution in [-0.2, 0) is 0 Å². The van der Waals surface area contributed by atoms with Crippen molar-refractivity contribution in [3.8, 4) is 17.0 Å². The highest BCUT2D eigenvalue weighted by molar-refractivity contribution is 7.13. The molecular weight excluding hydrogens is 374 g/mol. The minimum Gasteiger partial charge on any atom is -0.497 e. The fourth-order valence-electron chi connectivity index (χ4n) is 2.91. The maximum absolute atomic E-state index is 5.32. The average molecular weight is 394 g/mol. The van der Waals surface area contributed by atoms with Gasteiger partial charge in [-0.3, -0.25) is 4.99 Å². The summed E-state index contributed by atoms with van der Waals surface area (Å²) in [5, 5.41) is 9.12. The zero-order valence-electron chi connectivity index (χ0n) is 15.3. The van der Waals surface area contributed by atoms with Crippen LogP contribution in [0.5, 0.6) is 5.75 Å². The number of aromatic nitrogens is 1. The predicted octanol–water partition coefficient (Wildman–Crippen LogP) is 5.16. The molecule has 0 bridgehead atoms. The second-order valence-electron chi connectivity index (χ2n) is 6.06. The number of benzene rings is 2. The van der Waals surface area contributed by atoms with E-state index < -0.39 is 0 Å². The molecule has 0 aliphatic heterocycles. The standard InChI is InChI=1S/C21H19N3OS2/c1-14-4-9-19(27-14)12-23-24-20(13-26-21(24)22-2)17-6-5-16-11-18(25-3)8-7-15(16)10-17/h4-13H,1-3H3. The number of thiophene rings is 1. The van der Waals surface area contributed by atoms with Crippen molar-refractivity contribution in [3.63, 3.8) is 0 Å². The molecule has 4 aromatic rings. The fraction of sp³-hybridized carbons (Fsp3) is 0.143. The van der Waals surface area contributed by atoms with Crippen molar-refractivity contribution >= 4 is 39.7 Å². The molecule has 0 atom stereocenters. The van der Waals surface area contributed by atoms with Crippen molar-refractivity contribution in [1.29, 1.82) is 0 Å². The van der Waals surface area contributed by atoms with Gasteiger partial charge >= 0.3 is 0 Å². The van der Waals surface area contributed by atoms with E-state index >= 15 is 0 Å². The molecule has 136 valence electrons. The summed E-state index contributed by atoms with van der Waals surface area (Å²) < 4.78 is 7.22. The second kappa shape index (κ2) is 7.50. The molecule has 0 amide bonds. The summed E-state index contributed by atoms with van der Waals surface area (Å²) in [5.41, 5.74) is 2.14. The van der Waals surface area contributed by atoms with Gasteiger partial charge in [0.1, 0.15) is 5.75 Å². The Bertz CT molecular complexity index is 1200. The van der Waals surface area contributed by atoms with Crippen LogP contribution in [0.2, 0.25) is 0 Å². The summed E-state index contributed by atoms with van der Waals surface area (Å²) >= 11 is 3.32. The number of fused-ring (bicyclic) bond motifs is 1. The van der Waals surface area contributed by atoms with E-state index in [-0.39, 0.29) is 0 Å². The quantitative estimate of drug-likeness (QED) is 0.441. The third kappa shape index (κ3) is 3.59. The van der Waals surface area contributed by atoms with Crippen molar-refractivity contribution in [3.05, 3.63) is 68.5 Å². The van der Waals surface area contributed by atoms with Gasteiger partial charge in [-0.25, -0.2) is 4.68 Å². The van der Waals surface area contributed by atoms with Crippen LogP contribution in [0.4, 0.5) is 0 Å². The molecule has 0 unspecified atom stereocenters. The first-order valence-electron chi connectivity index (χ1n) is 8.50. The van der Waals surface area contributed by atoms with E-state index in [4.69, 9.17) is 9.84 Å². The smallest absolute Gasteiger partial charge is 0.205 e. The van der Waals surface area contributed by atoms with Crippen LogP contribution in [0.1, 0.15) is 9.75 Å². The molecule has 0 saturated carbocycles. The van der Waals surface area contributed by atoms with Crippen LogP contribution in [-0.4, -0.2) is 25.0 Å². The fourth-order valence-corrected chi connectivity index (χ4v) is 4.46. The van der Waals surface area contributed by atoms with Gasteiger partial charge in [0.15, 0.2) is 0 Å². The van der Waals surface area contributed by atoms with Crippen LogP contribution >= 0.6 is 22.7 Å². The lowest BCUT2D eigenvalue weighted by Crippen LogP contribution is -2.11. The molecule has 6 heteroatoms. The van der Waals surface area contributed by atoms with Crippen molar-refractivity contribution in [2.75, 3.05) is 14.2 Å². The Morgan fingerprint density at radius 1 is 1.04 bits per heavy atom. The Kier molecular flexibility index (Phi) is 4.92. The van der Waals surface area contributed by atoms with Crippen molar-refractivity contribution in [1.82, 2.24) is 4.68 Å². The number of rotatable bonds is 4. The molecule has 4 rings (SSSR count). The largest absolute Gasteiger partial charge is 0.497 e. The molecule has 0 saturated heterocycles. The molecule has 0 radical (unpaired) electrons. The molecule has 0 aliphatic rings. The van der Waals surface area contributed by atoms with Gasteiger partial charge in [0, 0.05) is 27.7 Å². The first kappa shape index (κ1) is 17.7. The predicted molar refractivity (Wildman–Crippen MR) is 115 cm³/mol. The van der Waals surface area contributed by atoms with Crippen molar-refractivity contribution in [2.24, 2.45) is 10.1 Å². The van der Waals surface area contributed by atoms with Crippen molar-refractivity contribution in [2.45, 2.75) is 6.92 Å². The summed E-state index contributed by atoms with van der Waals surface area (Å²) in [6.45, 7) is 2.10. The third-order valence-corrected chi connectivity index (χ3v) is 6.12. The molecule has 2 aromatic carbocycles. The average Bonchev–Trinajstić information content (AvgIpc) is 3.30. The highest BCUT2D eigenvalue weighted by Gasteiger charge is 2.08. The van der Waals surface area contributed by atoms with E-state index in [0.717, 1.165) is 32.1 Å². The lowest BCUT2D eigenvalue weighted by Gasteiger charge is -2.07. The van der Waals surface area contributed by atoms with E-state index in [1.165, 1.54) is 10.3 Å². The summed E-state index contributed by atoms with van der Waals surface area (Å²) in [6.07, 6.45) is 1.90. The van der Waals surface area contributed by atoms with Gasteiger partial charge in [-0.2, -0.15) is 5.10 Å². The van der Waals surface area contributed by atoms with Gasteiger partial charge in [0.2, 0.25) is 4.80 Å². The lowest BCUT2D eigenvalue weighted by atomic mass is 10.1. The summed E-state index contributed by atoms with van der Waals surface area (Å²) in [7, 11) is 3.48. The number of hydrogen-bond donors (Lipinski definition) is 0. The first-order chi connectivity index (χ1) is 13.2. The van der Waals surface area contributed by atoms with Crippen LogP contribution in [0.15, 0.2) is 64.0 Å². The van der Waals surface area contributed by atoms with E-state index in [1.807, 2.05) is 23.0 Å². The van der Waals surface area contributed by atoms with E-state index in [0.29, 0.717) is 0 Å². The second-order valence-corrected chi connectivity index (χ2v) is 8.22. The van der Waals surface area contributed by atoms with E-state index in [2.05, 4.69) is 53.7 Å². The molecular formula is C21H19N3OS2. The molecule has 0 aliphatic carbocycles. The molecule has 27 heavy (non-hydrogen) atoms. The molecule has 0 spiro atoms. The number of hydrogen-bond acceptors (Lipinski definition) is 5. The number of aryl methyl sites for hydroxylation is 1. The highest BCUT2D eigenvalue weighted by Crippen LogP contribution is 2.27. The minimum absolute atomic E-state index is 0.865. The van der Waals surface area contributed by atoms with Gasteiger partial charge in [0.05, 0.1) is 19.0 Å². The van der Waals surface area contributed by atoms with Crippen molar-refractivity contribution < 1.29 is 4.74 Å². The maximum atomic E-state index is 5.32. The molecule has 0 N–H and O–H groups in total. The molecule has 2 heterocycles. The molecule has 2 aromatic heterocycles. The first-order valence-corrected chi connectivity index (χ1v) is 10.2. The maximum Gasteiger partial charge on any atom is 0.205 e. The Morgan fingerprint density at radius 3 is 2.59 bits per heavy atom. The van der Waals surface area contributed by atoms with E-state index in [9.17, 15) is 0 Å². The monoisotopic (exact) mass is 393 g/mol. The lowest BCUT2D eigenvalue weighted by molar-refractivity contribution is 0.415. The Hall–Kier alpha value is -2.70. The van der Waals surface area contributed by atoms with Gasteiger partial charge in [-0.15, -0.1) is 22.7 Å². The normalized spacial score (nSPS) is 12.3. The zero-order valence-corrected chi connectivity index (χ0v) is 17.0. The molecule has 4 nitrogen and oxygen atoms in total. The Morgan fingerprint density at radius 2 is 1.85 bits per heavy atom. The van der Waals surface area contributed by atoms with Gasteiger partial charge in [0.25, 0.3) is 0 Å². The zero-order chi connectivity index (χ0) is 18.8. The van der Waals surface area contributed by atoms with Crippen LogP contribution in [0.25, 0.3) is 22.0 Å². The summed E-state index contributed by atoms with van der Waals surface area (Å²) in [6, 6.07) is 16.7. The Labute approximate surface area is 165 Å². The van der Waals surface area contributed by atoms with Gasteiger partial charge in [-0.05, 0) is 48.0 Å². The SMILES string of the molecule is CN=c1scc(-c2ccc3cc(OC)ccc3c2)n1N=Cc1ccc(C)s1. The molecule has 0 fully saturated rings. The summed E-state index contributed by atoms with van der Waals surface area (Å²) in [5.74, 6) is 0.865. The van der Waals surface area contributed by atoms with Crippen LogP contribution in [0.3, 0.4) is 0 Å². The number of nitrogens with zero attached hydrogens (tertiary/aromatic N) is 3. The Balaban J connectivity index is 1.79. The van der Waals surface area contributed by atoms with Gasteiger partial charge < -0.3 is 4.74 Å². The third-order valence-electron chi connectivity index (χ3n) is 4.28. The highest BCUT2D eigenvalue weighted by atomic mass is 32.1. The van der Waals surface area contributed by atoms with E-state index in [1.54, 1.807) is 36.8 Å². The number of thiazole rings is 1. The van der Waals surface area contributed by atoms with Crippen LogP contribution in [0, 0.1) is 6.92 Å².